The van der Waals surface area contributed by atoms with Crippen molar-refractivity contribution in [3.63, 3.8) is 0 Å². The Kier molecular flexibility index (Phi) is 8.47. The molecule has 2 amide bonds. The molecule has 0 aliphatic rings. The number of hydrogen-bond acceptors (Lipinski definition) is 6. The van der Waals surface area contributed by atoms with Crippen LogP contribution in [0.5, 0.6) is 5.75 Å². The smallest absolute Gasteiger partial charge is 0.416 e. The standard InChI is InChI=1S/C26H18BrF5N4O4/c27-23-22(14-3-5-15(6-4-14)26(30,31)32)36-25(40-23)18(12-35-19(37)10-13-2-1-9-34-11-13)39-17-8-7-16(28)20(21(17)29)24(33)38/h1-9,11,18H,10,12H2,(H2,33,38)(H,35,37). The summed E-state index contributed by atoms with van der Waals surface area (Å²) in [6, 6.07) is 9.10. The van der Waals surface area contributed by atoms with E-state index in [-0.39, 0.29) is 34.8 Å². The second kappa shape index (κ2) is 11.8. The average Bonchev–Trinajstić information content (AvgIpc) is 3.29. The molecule has 0 spiro atoms. The predicted octanol–water partition coefficient (Wildman–Crippen LogP) is 5.37. The van der Waals surface area contributed by atoms with E-state index < -0.39 is 52.6 Å². The number of nitrogens with two attached hydrogens (primary N) is 1. The first-order chi connectivity index (χ1) is 18.9. The molecule has 2 heterocycles. The van der Waals surface area contributed by atoms with Gasteiger partial charge in [-0.1, -0.05) is 18.2 Å². The molecule has 0 aliphatic carbocycles. The Hall–Kier alpha value is -4.33. The molecule has 0 saturated carbocycles. The monoisotopic (exact) mass is 624 g/mol. The fraction of sp³-hybridized carbons (Fsp3) is 0.154. The van der Waals surface area contributed by atoms with Crippen LogP contribution in [0.1, 0.15) is 33.5 Å². The highest BCUT2D eigenvalue weighted by Gasteiger charge is 2.31. The Morgan fingerprint density at radius 1 is 1.10 bits per heavy atom. The van der Waals surface area contributed by atoms with E-state index in [1.807, 2.05) is 0 Å². The molecule has 4 aromatic rings. The fourth-order valence-electron chi connectivity index (χ4n) is 3.59. The van der Waals surface area contributed by atoms with Gasteiger partial charge in [-0.2, -0.15) is 13.2 Å². The summed E-state index contributed by atoms with van der Waals surface area (Å²) in [5.41, 5.74) is 4.13. The number of carbonyl (C=O) groups excluding carboxylic acids is 2. The van der Waals surface area contributed by atoms with Gasteiger partial charge in [0.05, 0.1) is 18.5 Å². The van der Waals surface area contributed by atoms with Crippen LogP contribution in [-0.4, -0.2) is 28.3 Å². The number of halogens is 6. The third-order valence-electron chi connectivity index (χ3n) is 5.51. The van der Waals surface area contributed by atoms with Crippen molar-refractivity contribution in [3.05, 3.63) is 99.8 Å². The molecule has 0 bridgehead atoms. The van der Waals surface area contributed by atoms with E-state index in [1.165, 1.54) is 24.5 Å². The van der Waals surface area contributed by atoms with Crippen molar-refractivity contribution in [1.29, 1.82) is 0 Å². The van der Waals surface area contributed by atoms with Crippen molar-refractivity contribution >= 4 is 27.7 Å². The Morgan fingerprint density at radius 3 is 2.45 bits per heavy atom. The molecule has 0 aliphatic heterocycles. The summed E-state index contributed by atoms with van der Waals surface area (Å²) in [5.74, 6) is -5.23. The lowest BCUT2D eigenvalue weighted by Crippen LogP contribution is -2.32. The minimum atomic E-state index is -4.54. The number of nitrogens with zero attached hydrogens (tertiary/aromatic N) is 2. The van der Waals surface area contributed by atoms with Gasteiger partial charge in [0, 0.05) is 18.0 Å². The van der Waals surface area contributed by atoms with Gasteiger partial charge in [-0.15, -0.1) is 0 Å². The zero-order chi connectivity index (χ0) is 29.0. The third-order valence-corrected chi connectivity index (χ3v) is 6.04. The number of rotatable bonds is 9. The molecule has 1 atom stereocenters. The van der Waals surface area contributed by atoms with Crippen LogP contribution in [0.3, 0.4) is 0 Å². The van der Waals surface area contributed by atoms with Crippen LogP contribution < -0.4 is 15.8 Å². The van der Waals surface area contributed by atoms with Crippen LogP contribution in [0, 0.1) is 11.6 Å². The predicted molar refractivity (Wildman–Crippen MR) is 134 cm³/mol. The molecular formula is C26H18BrF5N4O4. The summed E-state index contributed by atoms with van der Waals surface area (Å²) in [7, 11) is 0. The maximum absolute atomic E-state index is 14.9. The molecule has 0 radical (unpaired) electrons. The van der Waals surface area contributed by atoms with E-state index in [0.717, 1.165) is 24.3 Å². The topological polar surface area (TPSA) is 120 Å². The van der Waals surface area contributed by atoms with Gasteiger partial charge in [0.1, 0.15) is 17.1 Å². The van der Waals surface area contributed by atoms with Gasteiger partial charge in [-0.05, 0) is 51.8 Å². The second-order valence-electron chi connectivity index (χ2n) is 8.30. The normalized spacial score (nSPS) is 12.2. The van der Waals surface area contributed by atoms with Gasteiger partial charge < -0.3 is 20.2 Å². The van der Waals surface area contributed by atoms with Gasteiger partial charge in [0.25, 0.3) is 5.91 Å². The summed E-state index contributed by atoms with van der Waals surface area (Å²) < 4.78 is 79.0. The van der Waals surface area contributed by atoms with Crippen molar-refractivity contribution in [3.8, 4) is 17.0 Å². The minimum Gasteiger partial charge on any atom is -0.476 e. The molecular weight excluding hydrogens is 607 g/mol. The molecule has 8 nitrogen and oxygen atoms in total. The number of hydrogen-bond donors (Lipinski definition) is 2. The number of carbonyl (C=O) groups is 2. The molecule has 40 heavy (non-hydrogen) atoms. The summed E-state index contributed by atoms with van der Waals surface area (Å²) in [6.07, 6.45) is -2.89. The van der Waals surface area contributed by atoms with E-state index in [4.69, 9.17) is 14.9 Å². The first kappa shape index (κ1) is 28.7. The Bertz CT molecular complexity index is 1530. The van der Waals surface area contributed by atoms with Crippen molar-refractivity contribution in [2.45, 2.75) is 18.7 Å². The number of benzene rings is 2. The van der Waals surface area contributed by atoms with Gasteiger partial charge in [-0.25, -0.2) is 13.8 Å². The number of primary amides is 1. The summed E-state index contributed by atoms with van der Waals surface area (Å²) >= 11 is 3.16. The van der Waals surface area contributed by atoms with Crippen molar-refractivity contribution in [2.24, 2.45) is 5.73 Å². The van der Waals surface area contributed by atoms with Gasteiger partial charge >= 0.3 is 6.18 Å². The lowest BCUT2D eigenvalue weighted by Gasteiger charge is -2.18. The SMILES string of the molecule is NC(=O)c1c(F)ccc(OC(CNC(=O)Cc2cccnc2)c2nc(-c3ccc(C(F)(F)F)cc3)c(Br)o2)c1F. The molecule has 1 unspecified atom stereocenters. The Morgan fingerprint density at radius 2 is 1.82 bits per heavy atom. The lowest BCUT2D eigenvalue weighted by molar-refractivity contribution is -0.137. The zero-order valence-electron chi connectivity index (χ0n) is 20.1. The molecule has 2 aromatic carbocycles. The van der Waals surface area contributed by atoms with Crippen molar-refractivity contribution in [2.75, 3.05) is 6.54 Å². The zero-order valence-corrected chi connectivity index (χ0v) is 21.7. The summed E-state index contributed by atoms with van der Waals surface area (Å²) in [4.78, 5) is 32.3. The highest BCUT2D eigenvalue weighted by molar-refractivity contribution is 9.10. The Labute approximate surface area is 231 Å². The molecule has 4 rings (SSSR count). The second-order valence-corrected chi connectivity index (χ2v) is 9.02. The number of amides is 2. The van der Waals surface area contributed by atoms with Crippen LogP contribution >= 0.6 is 15.9 Å². The van der Waals surface area contributed by atoms with Crippen LogP contribution in [0.4, 0.5) is 22.0 Å². The van der Waals surface area contributed by atoms with Gasteiger partial charge in [0.15, 0.2) is 22.3 Å². The van der Waals surface area contributed by atoms with Crippen LogP contribution in [-0.2, 0) is 17.4 Å². The molecule has 208 valence electrons. The van der Waals surface area contributed by atoms with Gasteiger partial charge in [-0.3, -0.25) is 14.6 Å². The van der Waals surface area contributed by atoms with E-state index in [2.05, 4.69) is 31.2 Å². The number of pyridine rings is 1. The van der Waals surface area contributed by atoms with E-state index in [9.17, 15) is 31.5 Å². The summed E-state index contributed by atoms with van der Waals surface area (Å²) in [6.45, 7) is -0.332. The van der Waals surface area contributed by atoms with E-state index in [0.29, 0.717) is 5.56 Å². The maximum atomic E-state index is 14.9. The number of ether oxygens (including phenoxy) is 1. The highest BCUT2D eigenvalue weighted by atomic mass is 79.9. The molecule has 0 fully saturated rings. The first-order valence-electron chi connectivity index (χ1n) is 11.4. The average molecular weight is 625 g/mol. The van der Waals surface area contributed by atoms with Crippen LogP contribution in [0.25, 0.3) is 11.3 Å². The minimum absolute atomic E-state index is 0.00921. The first-order valence-corrected chi connectivity index (χ1v) is 12.2. The highest BCUT2D eigenvalue weighted by Crippen LogP contribution is 2.35. The largest absolute Gasteiger partial charge is 0.476 e. The lowest BCUT2D eigenvalue weighted by atomic mass is 10.1. The van der Waals surface area contributed by atoms with E-state index >= 15 is 0 Å². The van der Waals surface area contributed by atoms with Gasteiger partial charge in [0.2, 0.25) is 11.8 Å². The molecule has 0 saturated heterocycles. The van der Waals surface area contributed by atoms with Crippen molar-refractivity contribution < 1.29 is 40.7 Å². The molecule has 14 heteroatoms. The number of alkyl halides is 3. The van der Waals surface area contributed by atoms with Crippen molar-refractivity contribution in [1.82, 2.24) is 15.3 Å². The third kappa shape index (κ3) is 6.62. The summed E-state index contributed by atoms with van der Waals surface area (Å²) in [5, 5.41) is 2.59. The Balaban J connectivity index is 1.64. The van der Waals surface area contributed by atoms with Crippen LogP contribution in [0.2, 0.25) is 0 Å². The quantitative estimate of drug-likeness (QED) is 0.241. The fourth-order valence-corrected chi connectivity index (χ4v) is 4.07. The number of aromatic nitrogens is 2. The molecule has 2 aromatic heterocycles. The maximum Gasteiger partial charge on any atom is 0.416 e. The number of oxazole rings is 1. The van der Waals surface area contributed by atoms with Crippen LogP contribution in [0.15, 0.2) is 70.0 Å². The number of nitrogens with one attached hydrogen (secondary N) is 1. The van der Waals surface area contributed by atoms with E-state index in [1.54, 1.807) is 12.1 Å². The molecule has 3 N–H and O–H groups in total.